The number of esters is 1. The van der Waals surface area contributed by atoms with Crippen LogP contribution < -0.4 is 20.8 Å². The molecule has 0 bridgehead atoms. The molecule has 154 valence electrons. The molecule has 0 saturated heterocycles. The number of hydrogen-bond acceptors (Lipinski definition) is 6. The summed E-state index contributed by atoms with van der Waals surface area (Å²) in [5.74, 6) is -0.653. The summed E-state index contributed by atoms with van der Waals surface area (Å²) in [4.78, 5) is 28.7. The highest BCUT2D eigenvalue weighted by atomic mass is 35.5. The first-order valence-corrected chi connectivity index (χ1v) is 9.66. The number of carbonyl (C=O) groups is 1. The van der Waals surface area contributed by atoms with E-state index in [9.17, 15) is 9.59 Å². The fourth-order valence-corrected chi connectivity index (χ4v) is 3.76. The van der Waals surface area contributed by atoms with Crippen LogP contribution in [0.15, 0.2) is 58.7 Å². The summed E-state index contributed by atoms with van der Waals surface area (Å²) in [6.07, 6.45) is 0. The fraction of sp³-hybridized carbons (Fsp3) is 0.182. The van der Waals surface area contributed by atoms with Gasteiger partial charge in [-0.25, -0.2) is 4.79 Å². The number of hydrogen-bond donors (Lipinski definition) is 2. The van der Waals surface area contributed by atoms with Crippen LogP contribution in [0.25, 0.3) is 10.9 Å². The molecule has 1 aliphatic heterocycles. The molecule has 7 nitrogen and oxygen atoms in total. The monoisotopic (exact) mass is 426 g/mol. The Morgan fingerprint density at radius 2 is 1.97 bits per heavy atom. The van der Waals surface area contributed by atoms with E-state index in [-0.39, 0.29) is 23.6 Å². The van der Waals surface area contributed by atoms with E-state index in [0.717, 1.165) is 0 Å². The molecule has 0 fully saturated rings. The van der Waals surface area contributed by atoms with Crippen LogP contribution in [0, 0.1) is 0 Å². The Kier molecular flexibility index (Phi) is 5.13. The van der Waals surface area contributed by atoms with Crippen molar-refractivity contribution in [3.8, 4) is 11.5 Å². The molecule has 1 aromatic heterocycles. The second kappa shape index (κ2) is 7.76. The number of nitrogens with one attached hydrogen (secondary N) is 1. The molecule has 3 aromatic rings. The largest absolute Gasteiger partial charge is 0.497 e. The fourth-order valence-electron chi connectivity index (χ4n) is 3.63. The molecule has 2 heterocycles. The summed E-state index contributed by atoms with van der Waals surface area (Å²) in [5.41, 5.74) is 7.30. The number of benzene rings is 2. The number of aromatic nitrogens is 1. The third kappa shape index (κ3) is 3.27. The van der Waals surface area contributed by atoms with Crippen LogP contribution in [-0.2, 0) is 9.53 Å². The molecule has 1 aliphatic rings. The van der Waals surface area contributed by atoms with Crippen LogP contribution >= 0.6 is 11.6 Å². The molecule has 0 saturated carbocycles. The van der Waals surface area contributed by atoms with Gasteiger partial charge in [-0.05, 0) is 36.8 Å². The van der Waals surface area contributed by atoms with Crippen molar-refractivity contribution in [3.63, 3.8) is 0 Å². The highest BCUT2D eigenvalue weighted by Crippen LogP contribution is 2.44. The Bertz CT molecular complexity index is 1230. The van der Waals surface area contributed by atoms with E-state index in [0.29, 0.717) is 33.0 Å². The highest BCUT2D eigenvalue weighted by Gasteiger charge is 2.38. The van der Waals surface area contributed by atoms with E-state index in [2.05, 4.69) is 4.98 Å². The standard InChI is InChI=1S/C22H19ClN2O5/c1-3-29-22(27)18-16(11-4-6-12(23)7-5-11)17-19(30-20(18)24)14-9-8-13(28-2)10-15(14)25-21(17)26/h4-10,16H,3,24H2,1-2H3,(H,25,26). The van der Waals surface area contributed by atoms with Crippen LogP contribution in [0.2, 0.25) is 5.02 Å². The van der Waals surface area contributed by atoms with Gasteiger partial charge in [0.25, 0.3) is 5.56 Å². The van der Waals surface area contributed by atoms with Crippen LogP contribution in [0.5, 0.6) is 11.5 Å². The lowest BCUT2D eigenvalue weighted by atomic mass is 9.83. The van der Waals surface area contributed by atoms with Gasteiger partial charge in [0.2, 0.25) is 5.88 Å². The molecule has 0 radical (unpaired) electrons. The van der Waals surface area contributed by atoms with Crippen molar-refractivity contribution in [1.29, 1.82) is 0 Å². The summed E-state index contributed by atoms with van der Waals surface area (Å²) >= 11 is 6.03. The first kappa shape index (κ1) is 19.8. The number of carbonyl (C=O) groups excluding carboxylic acids is 1. The van der Waals surface area contributed by atoms with Gasteiger partial charge in [0.15, 0.2) is 0 Å². The minimum absolute atomic E-state index is 0.0741. The number of ether oxygens (including phenoxy) is 3. The zero-order chi connectivity index (χ0) is 21.4. The average Bonchev–Trinajstić information content (AvgIpc) is 2.73. The van der Waals surface area contributed by atoms with Crippen molar-refractivity contribution < 1.29 is 19.0 Å². The Morgan fingerprint density at radius 1 is 1.23 bits per heavy atom. The molecule has 1 unspecified atom stereocenters. The van der Waals surface area contributed by atoms with E-state index in [1.807, 2.05) is 0 Å². The lowest BCUT2D eigenvalue weighted by Gasteiger charge is -2.28. The smallest absolute Gasteiger partial charge is 0.340 e. The Morgan fingerprint density at radius 3 is 2.63 bits per heavy atom. The topological polar surface area (TPSA) is 104 Å². The van der Waals surface area contributed by atoms with Crippen molar-refractivity contribution in [2.75, 3.05) is 13.7 Å². The second-order valence-corrected chi connectivity index (χ2v) is 7.13. The SMILES string of the molecule is CCOC(=O)C1=C(N)Oc2c(c(=O)[nH]c3cc(OC)ccc23)C1c1ccc(Cl)cc1. The average molecular weight is 427 g/mol. The van der Waals surface area contributed by atoms with Crippen molar-refractivity contribution >= 4 is 28.5 Å². The van der Waals surface area contributed by atoms with Gasteiger partial charge < -0.3 is 24.9 Å². The van der Waals surface area contributed by atoms with Crippen LogP contribution in [0.4, 0.5) is 0 Å². The van der Waals surface area contributed by atoms with E-state index in [1.165, 1.54) is 7.11 Å². The molecule has 0 spiro atoms. The lowest BCUT2D eigenvalue weighted by molar-refractivity contribution is -0.139. The normalized spacial score (nSPS) is 15.5. The van der Waals surface area contributed by atoms with E-state index in [4.69, 9.17) is 31.5 Å². The minimum atomic E-state index is -0.777. The predicted octanol–water partition coefficient (Wildman–Crippen LogP) is 3.45. The summed E-state index contributed by atoms with van der Waals surface area (Å²) < 4.78 is 16.2. The minimum Gasteiger partial charge on any atom is -0.497 e. The molecule has 30 heavy (non-hydrogen) atoms. The predicted molar refractivity (Wildman–Crippen MR) is 113 cm³/mol. The maximum Gasteiger partial charge on any atom is 0.340 e. The van der Waals surface area contributed by atoms with Crippen LogP contribution in [0.1, 0.15) is 24.0 Å². The number of halogens is 1. The zero-order valence-electron chi connectivity index (χ0n) is 16.3. The molecule has 8 heteroatoms. The maximum atomic E-state index is 13.1. The van der Waals surface area contributed by atoms with Gasteiger partial charge in [-0.3, -0.25) is 4.79 Å². The molecule has 3 N–H and O–H groups in total. The molecular weight excluding hydrogens is 408 g/mol. The number of aromatic amines is 1. The van der Waals surface area contributed by atoms with Crippen molar-refractivity contribution in [2.45, 2.75) is 12.8 Å². The number of nitrogens with two attached hydrogens (primary N) is 1. The summed E-state index contributed by atoms with van der Waals surface area (Å²) in [7, 11) is 1.54. The van der Waals surface area contributed by atoms with Crippen LogP contribution in [0.3, 0.4) is 0 Å². The van der Waals surface area contributed by atoms with Gasteiger partial charge in [0.05, 0.1) is 30.7 Å². The molecule has 0 amide bonds. The van der Waals surface area contributed by atoms with Crippen molar-refractivity contribution in [2.24, 2.45) is 5.73 Å². The van der Waals surface area contributed by atoms with E-state index >= 15 is 0 Å². The first-order chi connectivity index (χ1) is 14.4. The van der Waals surface area contributed by atoms with Gasteiger partial charge in [0, 0.05) is 16.5 Å². The van der Waals surface area contributed by atoms with Gasteiger partial charge in [0.1, 0.15) is 17.1 Å². The van der Waals surface area contributed by atoms with Crippen molar-refractivity contribution in [1.82, 2.24) is 4.98 Å². The Balaban J connectivity index is 2.02. The third-order valence-electron chi connectivity index (χ3n) is 4.96. The summed E-state index contributed by atoms with van der Waals surface area (Å²) in [6, 6.07) is 12.1. The first-order valence-electron chi connectivity index (χ1n) is 9.28. The molecule has 2 aromatic carbocycles. The van der Waals surface area contributed by atoms with Crippen molar-refractivity contribution in [3.05, 3.63) is 80.4 Å². The zero-order valence-corrected chi connectivity index (χ0v) is 17.1. The summed E-state index contributed by atoms with van der Waals surface area (Å²) in [6.45, 7) is 1.85. The molecule has 1 atom stereocenters. The lowest BCUT2D eigenvalue weighted by Crippen LogP contribution is -2.32. The maximum absolute atomic E-state index is 13.1. The van der Waals surface area contributed by atoms with Gasteiger partial charge in [-0.15, -0.1) is 0 Å². The van der Waals surface area contributed by atoms with E-state index < -0.39 is 17.4 Å². The molecule has 0 aliphatic carbocycles. The van der Waals surface area contributed by atoms with Gasteiger partial charge >= 0.3 is 5.97 Å². The highest BCUT2D eigenvalue weighted by molar-refractivity contribution is 6.30. The quantitative estimate of drug-likeness (QED) is 0.619. The Labute approximate surface area is 177 Å². The van der Waals surface area contributed by atoms with E-state index in [1.54, 1.807) is 49.4 Å². The van der Waals surface area contributed by atoms with Gasteiger partial charge in [-0.2, -0.15) is 0 Å². The van der Waals surface area contributed by atoms with Crippen LogP contribution in [-0.4, -0.2) is 24.7 Å². The molecular formula is C22H19ClN2O5. The third-order valence-corrected chi connectivity index (χ3v) is 5.21. The Hall–Kier alpha value is -3.45. The number of rotatable bonds is 4. The number of methoxy groups -OCH3 is 1. The number of H-pyrrole nitrogens is 1. The van der Waals surface area contributed by atoms with Gasteiger partial charge in [-0.1, -0.05) is 23.7 Å². The molecule has 4 rings (SSSR count). The second-order valence-electron chi connectivity index (χ2n) is 6.69. The number of pyridine rings is 1. The number of fused-ring (bicyclic) bond motifs is 3. The summed E-state index contributed by atoms with van der Waals surface area (Å²) in [5, 5.41) is 1.16.